The van der Waals surface area contributed by atoms with Crippen molar-refractivity contribution in [3.05, 3.63) is 35.9 Å². The number of esters is 2. The van der Waals surface area contributed by atoms with Crippen molar-refractivity contribution in [2.45, 2.75) is 39.8 Å². The van der Waals surface area contributed by atoms with Crippen LogP contribution in [0.4, 0.5) is 4.79 Å². The molecule has 156 valence electrons. The Balaban J connectivity index is 2.86. The summed E-state index contributed by atoms with van der Waals surface area (Å²) in [4.78, 5) is 37.7. The second-order valence-corrected chi connectivity index (χ2v) is 5.72. The maximum absolute atomic E-state index is 12.4. The van der Waals surface area contributed by atoms with Crippen molar-refractivity contribution in [2.75, 3.05) is 33.0 Å². The predicted octanol–water partition coefficient (Wildman–Crippen LogP) is 2.55. The summed E-state index contributed by atoms with van der Waals surface area (Å²) in [5.74, 6) is -1.09. The molecule has 1 aromatic rings. The lowest BCUT2D eigenvalue weighted by Gasteiger charge is -2.29. The number of ether oxygens (including phenoxy) is 4. The molecule has 1 atom stereocenters. The highest BCUT2D eigenvalue weighted by Crippen LogP contribution is 2.10. The summed E-state index contributed by atoms with van der Waals surface area (Å²) in [7, 11) is 0. The summed E-state index contributed by atoms with van der Waals surface area (Å²) < 4.78 is 20.7. The van der Waals surface area contributed by atoms with E-state index in [0.29, 0.717) is 0 Å². The third-order valence-electron chi connectivity index (χ3n) is 3.69. The number of benzene rings is 1. The van der Waals surface area contributed by atoms with Gasteiger partial charge in [-0.3, -0.25) is 9.69 Å². The lowest BCUT2D eigenvalue weighted by Crippen LogP contribution is -2.49. The van der Waals surface area contributed by atoms with Gasteiger partial charge in [-0.15, -0.1) is 0 Å². The second kappa shape index (κ2) is 13.5. The zero-order valence-corrected chi connectivity index (χ0v) is 16.7. The summed E-state index contributed by atoms with van der Waals surface area (Å²) in [5.41, 5.74) is 0.930. The molecule has 1 aromatic carbocycles. The van der Waals surface area contributed by atoms with Crippen LogP contribution < -0.4 is 0 Å². The van der Waals surface area contributed by atoms with Gasteiger partial charge < -0.3 is 18.9 Å². The number of hydrogen-bond donors (Lipinski definition) is 0. The van der Waals surface area contributed by atoms with Crippen LogP contribution in [0.2, 0.25) is 0 Å². The summed E-state index contributed by atoms with van der Waals surface area (Å²) in [6, 6.07) is 8.41. The van der Waals surface area contributed by atoms with Crippen LogP contribution in [0.5, 0.6) is 0 Å². The zero-order chi connectivity index (χ0) is 20.8. The van der Waals surface area contributed by atoms with E-state index in [1.807, 2.05) is 30.3 Å². The molecule has 1 unspecified atom stereocenters. The Morgan fingerprint density at radius 3 is 2.18 bits per heavy atom. The van der Waals surface area contributed by atoms with E-state index in [9.17, 15) is 14.4 Å². The fourth-order valence-electron chi connectivity index (χ4n) is 2.41. The normalized spacial score (nSPS) is 11.4. The first-order chi connectivity index (χ1) is 13.5. The van der Waals surface area contributed by atoms with Crippen molar-refractivity contribution in [1.82, 2.24) is 4.90 Å². The van der Waals surface area contributed by atoms with Gasteiger partial charge in [0.05, 0.1) is 39.5 Å². The molecule has 0 aliphatic heterocycles. The van der Waals surface area contributed by atoms with E-state index in [1.165, 1.54) is 0 Å². The van der Waals surface area contributed by atoms with Crippen molar-refractivity contribution in [3.63, 3.8) is 0 Å². The molecule has 0 heterocycles. The molecule has 8 heteroatoms. The number of rotatable bonds is 12. The Hall–Kier alpha value is -2.61. The molecule has 0 aliphatic rings. The van der Waals surface area contributed by atoms with Crippen LogP contribution in [0, 0.1) is 0 Å². The topological polar surface area (TPSA) is 91.4 Å². The van der Waals surface area contributed by atoms with E-state index in [1.54, 1.807) is 20.8 Å². The van der Waals surface area contributed by atoms with Crippen LogP contribution in [0.25, 0.3) is 0 Å². The van der Waals surface area contributed by atoms with Crippen molar-refractivity contribution in [3.8, 4) is 0 Å². The second-order valence-electron chi connectivity index (χ2n) is 5.72. The molecule has 8 nitrogen and oxygen atoms in total. The highest BCUT2D eigenvalue weighted by Gasteiger charge is 2.32. The predicted molar refractivity (Wildman–Crippen MR) is 101 cm³/mol. The molecule has 1 rings (SSSR count). The largest absolute Gasteiger partial charge is 0.466 e. The van der Waals surface area contributed by atoms with Gasteiger partial charge >= 0.3 is 18.0 Å². The number of nitrogens with zero attached hydrogens (tertiary/aromatic N) is 1. The van der Waals surface area contributed by atoms with Crippen molar-refractivity contribution >= 4 is 18.0 Å². The number of carbonyl (C=O) groups is 3. The number of amides is 1. The molecule has 0 saturated heterocycles. The highest BCUT2D eigenvalue weighted by atomic mass is 16.6. The number of carbonyl (C=O) groups excluding carboxylic acids is 3. The van der Waals surface area contributed by atoms with Gasteiger partial charge in [0, 0.05) is 6.54 Å². The van der Waals surface area contributed by atoms with Crippen LogP contribution >= 0.6 is 0 Å². The Labute approximate surface area is 165 Å². The third kappa shape index (κ3) is 8.39. The summed E-state index contributed by atoms with van der Waals surface area (Å²) in [5, 5.41) is 0. The first-order valence-electron chi connectivity index (χ1n) is 9.40. The Morgan fingerprint density at radius 1 is 0.929 bits per heavy atom. The molecular formula is C20H29NO7. The summed E-state index contributed by atoms with van der Waals surface area (Å²) in [6.45, 7) is 5.69. The summed E-state index contributed by atoms with van der Waals surface area (Å²) in [6.07, 6.45) is -0.783. The highest BCUT2D eigenvalue weighted by molar-refractivity contribution is 5.82. The molecule has 0 spiro atoms. The molecule has 0 N–H and O–H groups in total. The zero-order valence-electron chi connectivity index (χ0n) is 16.7. The minimum atomic E-state index is -1.03. The fourth-order valence-corrected chi connectivity index (χ4v) is 2.41. The van der Waals surface area contributed by atoms with E-state index in [0.717, 1.165) is 10.5 Å². The van der Waals surface area contributed by atoms with Gasteiger partial charge in [0.1, 0.15) is 0 Å². The van der Waals surface area contributed by atoms with Gasteiger partial charge in [0.15, 0.2) is 6.04 Å². The van der Waals surface area contributed by atoms with Crippen LogP contribution in [0.15, 0.2) is 30.3 Å². The summed E-state index contributed by atoms with van der Waals surface area (Å²) >= 11 is 0. The molecule has 0 aliphatic carbocycles. The first kappa shape index (κ1) is 23.4. The molecule has 0 aromatic heterocycles. The lowest BCUT2D eigenvalue weighted by atomic mass is 10.2. The maximum atomic E-state index is 12.4. The van der Waals surface area contributed by atoms with Gasteiger partial charge in [0.2, 0.25) is 0 Å². The van der Waals surface area contributed by atoms with E-state index in [4.69, 9.17) is 18.9 Å². The monoisotopic (exact) mass is 395 g/mol. The Kier molecular flexibility index (Phi) is 11.3. The molecule has 0 bridgehead atoms. The Bertz CT molecular complexity index is 606. The quantitative estimate of drug-likeness (QED) is 0.397. The number of hydrogen-bond acceptors (Lipinski definition) is 7. The lowest BCUT2D eigenvalue weighted by molar-refractivity contribution is -0.153. The maximum Gasteiger partial charge on any atom is 0.410 e. The van der Waals surface area contributed by atoms with E-state index in [-0.39, 0.29) is 46.0 Å². The van der Waals surface area contributed by atoms with Gasteiger partial charge in [0.25, 0.3) is 0 Å². The van der Waals surface area contributed by atoms with Crippen LogP contribution in [0.3, 0.4) is 0 Å². The van der Waals surface area contributed by atoms with Crippen LogP contribution in [0.1, 0.15) is 32.8 Å². The van der Waals surface area contributed by atoms with Gasteiger partial charge in [-0.2, -0.15) is 0 Å². The Morgan fingerprint density at radius 2 is 1.57 bits per heavy atom. The van der Waals surface area contributed by atoms with E-state index < -0.39 is 24.1 Å². The minimum absolute atomic E-state index is 0.0458. The molecule has 0 saturated carbocycles. The van der Waals surface area contributed by atoms with Gasteiger partial charge in [-0.1, -0.05) is 30.3 Å². The van der Waals surface area contributed by atoms with E-state index >= 15 is 0 Å². The minimum Gasteiger partial charge on any atom is -0.466 e. The van der Waals surface area contributed by atoms with Crippen molar-refractivity contribution in [2.24, 2.45) is 0 Å². The first-order valence-corrected chi connectivity index (χ1v) is 9.40. The molecule has 0 radical (unpaired) electrons. The van der Waals surface area contributed by atoms with Crippen molar-refractivity contribution < 1.29 is 33.3 Å². The average molecular weight is 395 g/mol. The van der Waals surface area contributed by atoms with Crippen LogP contribution in [-0.4, -0.2) is 61.9 Å². The van der Waals surface area contributed by atoms with Crippen LogP contribution in [-0.2, 0) is 35.1 Å². The SMILES string of the molecule is CCOC(=O)CCN(C(=O)OCC)C(COCc1ccccc1)C(=O)OCC. The molecule has 0 fully saturated rings. The smallest absolute Gasteiger partial charge is 0.410 e. The van der Waals surface area contributed by atoms with Gasteiger partial charge in [-0.25, -0.2) is 9.59 Å². The van der Waals surface area contributed by atoms with E-state index in [2.05, 4.69) is 0 Å². The fraction of sp³-hybridized carbons (Fsp3) is 0.550. The van der Waals surface area contributed by atoms with Crippen molar-refractivity contribution in [1.29, 1.82) is 0 Å². The average Bonchev–Trinajstić information content (AvgIpc) is 2.68. The standard InChI is InChI=1S/C20H29NO7/c1-4-26-18(22)12-13-21(20(24)28-6-3)17(19(23)27-5-2)15-25-14-16-10-8-7-9-11-16/h7-11,17H,4-6,12-15H2,1-3H3. The van der Waals surface area contributed by atoms with Gasteiger partial charge in [-0.05, 0) is 26.3 Å². The third-order valence-corrected chi connectivity index (χ3v) is 3.69. The molecule has 28 heavy (non-hydrogen) atoms. The molecule has 1 amide bonds. The molecular weight excluding hydrogens is 366 g/mol.